The molecule has 1 atom stereocenters. The second kappa shape index (κ2) is 8.16. The first-order valence-electron chi connectivity index (χ1n) is 9.24. The largest absolute Gasteiger partial charge is 0.450 e. The number of likely N-dealkylation sites (tertiary alicyclic amines) is 1. The number of piperidine rings is 1. The van der Waals surface area contributed by atoms with Crippen molar-refractivity contribution >= 4 is 27.7 Å². The van der Waals surface area contributed by atoms with Crippen molar-refractivity contribution in [3.05, 3.63) is 29.8 Å². The molecule has 0 saturated carbocycles. The fourth-order valence-electron chi connectivity index (χ4n) is 3.50. The number of benzene rings is 1. The molecular weight excluding hydrogens is 370 g/mol. The number of carbonyl (C=O) groups is 2. The van der Waals surface area contributed by atoms with Gasteiger partial charge in [0.1, 0.15) is 0 Å². The monoisotopic (exact) mass is 395 g/mol. The molecule has 0 bridgehead atoms. The van der Waals surface area contributed by atoms with Gasteiger partial charge in [0, 0.05) is 31.2 Å². The van der Waals surface area contributed by atoms with E-state index in [-0.39, 0.29) is 17.7 Å². The number of ether oxygens (including phenoxy) is 1. The van der Waals surface area contributed by atoms with Crippen LogP contribution < -0.4 is 9.62 Å². The average Bonchev–Trinajstić information content (AvgIpc) is 3.01. The van der Waals surface area contributed by atoms with Gasteiger partial charge in [-0.15, -0.1) is 0 Å². The van der Waals surface area contributed by atoms with Crippen LogP contribution in [0.15, 0.2) is 24.3 Å². The van der Waals surface area contributed by atoms with Crippen LogP contribution in [-0.4, -0.2) is 63.4 Å². The van der Waals surface area contributed by atoms with Crippen molar-refractivity contribution in [3.8, 4) is 0 Å². The lowest BCUT2D eigenvalue weighted by molar-refractivity contribution is 0.0686. The third-order valence-electron chi connectivity index (χ3n) is 4.81. The van der Waals surface area contributed by atoms with E-state index in [0.717, 1.165) is 12.8 Å². The third kappa shape index (κ3) is 4.52. The Kier molecular flexibility index (Phi) is 5.88. The van der Waals surface area contributed by atoms with E-state index in [0.29, 0.717) is 43.9 Å². The number of nitrogens with zero attached hydrogens (tertiary/aromatic N) is 2. The molecule has 2 amide bonds. The highest BCUT2D eigenvalue weighted by molar-refractivity contribution is 7.93. The summed E-state index contributed by atoms with van der Waals surface area (Å²) < 4.78 is 30.3. The molecule has 0 spiro atoms. The van der Waals surface area contributed by atoms with E-state index >= 15 is 0 Å². The van der Waals surface area contributed by atoms with Crippen molar-refractivity contribution in [3.63, 3.8) is 0 Å². The maximum atomic E-state index is 12.8. The van der Waals surface area contributed by atoms with Gasteiger partial charge in [-0.1, -0.05) is 0 Å². The lowest BCUT2D eigenvalue weighted by Gasteiger charge is -2.33. The van der Waals surface area contributed by atoms with E-state index in [1.165, 1.54) is 4.31 Å². The van der Waals surface area contributed by atoms with E-state index < -0.39 is 16.1 Å². The third-order valence-corrected chi connectivity index (χ3v) is 6.68. The molecule has 0 aromatic heterocycles. The first kappa shape index (κ1) is 19.5. The second-order valence-electron chi connectivity index (χ2n) is 6.74. The molecular formula is C18H25N3O5S. The van der Waals surface area contributed by atoms with Gasteiger partial charge in [-0.25, -0.2) is 13.2 Å². The lowest BCUT2D eigenvalue weighted by Crippen LogP contribution is -2.49. The molecule has 0 aliphatic carbocycles. The molecule has 9 heteroatoms. The summed E-state index contributed by atoms with van der Waals surface area (Å²) >= 11 is 0. The number of anilines is 1. The van der Waals surface area contributed by atoms with E-state index in [9.17, 15) is 18.0 Å². The minimum Gasteiger partial charge on any atom is -0.450 e. The Morgan fingerprint density at radius 3 is 2.56 bits per heavy atom. The van der Waals surface area contributed by atoms with Crippen LogP contribution in [0.25, 0.3) is 0 Å². The van der Waals surface area contributed by atoms with Gasteiger partial charge in [0.25, 0.3) is 5.91 Å². The van der Waals surface area contributed by atoms with Gasteiger partial charge >= 0.3 is 6.09 Å². The number of rotatable bonds is 4. The van der Waals surface area contributed by atoms with Crippen molar-refractivity contribution in [2.45, 2.75) is 32.2 Å². The van der Waals surface area contributed by atoms with Crippen molar-refractivity contribution < 1.29 is 22.7 Å². The van der Waals surface area contributed by atoms with Gasteiger partial charge in [0.15, 0.2) is 0 Å². The molecule has 2 heterocycles. The quantitative estimate of drug-likeness (QED) is 0.835. The summed E-state index contributed by atoms with van der Waals surface area (Å²) in [6.07, 6.45) is 1.75. The molecule has 1 unspecified atom stereocenters. The Bertz CT molecular complexity index is 794. The molecule has 2 aliphatic heterocycles. The normalized spacial score (nSPS) is 21.7. The van der Waals surface area contributed by atoms with E-state index in [4.69, 9.17) is 4.74 Å². The number of hydrogen-bond acceptors (Lipinski definition) is 5. The van der Waals surface area contributed by atoms with Crippen LogP contribution in [0.4, 0.5) is 10.5 Å². The van der Waals surface area contributed by atoms with Crippen LogP contribution in [0.5, 0.6) is 0 Å². The van der Waals surface area contributed by atoms with Crippen LogP contribution >= 0.6 is 0 Å². The molecule has 1 aromatic rings. The van der Waals surface area contributed by atoms with Gasteiger partial charge in [-0.05, 0) is 50.5 Å². The SMILES string of the molecule is CCOC(=O)NC1CCCN(C(=O)c2ccc(N3CCCS3(=O)=O)cc2)C1. The minimum atomic E-state index is -3.23. The van der Waals surface area contributed by atoms with Crippen LogP contribution in [0, 0.1) is 0 Å². The topological polar surface area (TPSA) is 96.0 Å². The number of sulfonamides is 1. The standard InChI is InChI=1S/C18H25N3O5S/c1-2-26-18(23)19-15-5-3-10-20(13-15)17(22)14-6-8-16(9-7-14)21-11-4-12-27(21,24)25/h6-9,15H,2-5,10-13H2,1H3,(H,19,23). The number of amides is 2. The van der Waals surface area contributed by atoms with Gasteiger partial charge in [0.2, 0.25) is 10.0 Å². The number of alkyl carbamates (subject to hydrolysis) is 1. The molecule has 27 heavy (non-hydrogen) atoms. The highest BCUT2D eigenvalue weighted by atomic mass is 32.2. The molecule has 1 N–H and O–H groups in total. The summed E-state index contributed by atoms with van der Waals surface area (Å²) in [5.41, 5.74) is 1.09. The first-order valence-corrected chi connectivity index (χ1v) is 10.8. The van der Waals surface area contributed by atoms with Crippen molar-refractivity contribution in [2.75, 3.05) is 36.3 Å². The smallest absolute Gasteiger partial charge is 0.407 e. The molecule has 2 fully saturated rings. The predicted molar refractivity (Wildman–Crippen MR) is 101 cm³/mol. The zero-order valence-corrected chi connectivity index (χ0v) is 16.2. The fraction of sp³-hybridized carbons (Fsp3) is 0.556. The maximum absolute atomic E-state index is 12.8. The molecule has 1 aromatic carbocycles. The zero-order chi connectivity index (χ0) is 19.4. The highest BCUT2D eigenvalue weighted by Crippen LogP contribution is 2.25. The lowest BCUT2D eigenvalue weighted by atomic mass is 10.0. The molecule has 2 saturated heterocycles. The summed E-state index contributed by atoms with van der Waals surface area (Å²) in [7, 11) is -3.23. The summed E-state index contributed by atoms with van der Waals surface area (Å²) in [5, 5.41) is 2.78. The van der Waals surface area contributed by atoms with Crippen molar-refractivity contribution in [1.82, 2.24) is 10.2 Å². The van der Waals surface area contributed by atoms with Crippen molar-refractivity contribution in [1.29, 1.82) is 0 Å². The van der Waals surface area contributed by atoms with Crippen LogP contribution in [0.2, 0.25) is 0 Å². The Morgan fingerprint density at radius 2 is 1.93 bits per heavy atom. The van der Waals surface area contributed by atoms with Crippen molar-refractivity contribution in [2.24, 2.45) is 0 Å². The van der Waals surface area contributed by atoms with Gasteiger partial charge < -0.3 is 15.0 Å². The molecule has 0 radical (unpaired) electrons. The summed E-state index contributed by atoms with van der Waals surface area (Å²) in [4.78, 5) is 26.1. The maximum Gasteiger partial charge on any atom is 0.407 e. The summed E-state index contributed by atoms with van der Waals surface area (Å²) in [6.45, 7) is 3.58. The molecule has 8 nitrogen and oxygen atoms in total. The van der Waals surface area contributed by atoms with E-state index in [2.05, 4.69) is 5.32 Å². The summed E-state index contributed by atoms with van der Waals surface area (Å²) in [5.74, 6) is 0.0391. The van der Waals surface area contributed by atoms with E-state index in [1.54, 1.807) is 36.1 Å². The molecule has 2 aliphatic rings. The van der Waals surface area contributed by atoms with Crippen LogP contribution in [0.3, 0.4) is 0 Å². The molecule has 148 valence electrons. The number of nitrogens with one attached hydrogen (secondary N) is 1. The highest BCUT2D eigenvalue weighted by Gasteiger charge is 2.29. The average molecular weight is 395 g/mol. The Morgan fingerprint density at radius 1 is 1.19 bits per heavy atom. The van der Waals surface area contributed by atoms with Gasteiger partial charge in [0.05, 0.1) is 18.0 Å². The molecule has 3 rings (SSSR count). The number of carbonyl (C=O) groups excluding carboxylic acids is 2. The Balaban J connectivity index is 1.64. The van der Waals surface area contributed by atoms with Crippen LogP contribution in [0.1, 0.15) is 36.5 Å². The Hall–Kier alpha value is -2.29. The summed E-state index contributed by atoms with van der Waals surface area (Å²) in [6, 6.07) is 6.54. The Labute approximate surface area is 159 Å². The van der Waals surface area contributed by atoms with Gasteiger partial charge in [-0.2, -0.15) is 0 Å². The van der Waals surface area contributed by atoms with Gasteiger partial charge in [-0.3, -0.25) is 9.10 Å². The fourth-order valence-corrected chi connectivity index (χ4v) is 5.07. The van der Waals surface area contributed by atoms with Crippen LogP contribution in [-0.2, 0) is 14.8 Å². The minimum absolute atomic E-state index is 0.124. The first-order chi connectivity index (χ1) is 12.9. The van der Waals surface area contributed by atoms with E-state index in [1.807, 2.05) is 0 Å². The second-order valence-corrected chi connectivity index (χ2v) is 8.76. The number of hydrogen-bond donors (Lipinski definition) is 1. The zero-order valence-electron chi connectivity index (χ0n) is 15.4. The predicted octanol–water partition coefficient (Wildman–Crippen LogP) is 1.58.